The first kappa shape index (κ1) is 12.3. The molecule has 0 aliphatic heterocycles. The first-order valence-corrected chi connectivity index (χ1v) is 6.01. The van der Waals surface area contributed by atoms with Crippen LogP contribution >= 0.6 is 0 Å². The molecule has 0 saturated heterocycles. The molecular weight excluding hydrogens is 228 g/mol. The third kappa shape index (κ3) is 3.41. The molecule has 0 spiro atoms. The number of aromatic nitrogens is 3. The summed E-state index contributed by atoms with van der Waals surface area (Å²) in [4.78, 5) is 0. The summed E-state index contributed by atoms with van der Waals surface area (Å²) < 4.78 is 7.26. The van der Waals surface area contributed by atoms with Crippen LogP contribution in [0.2, 0.25) is 0 Å². The van der Waals surface area contributed by atoms with E-state index in [0.29, 0.717) is 0 Å². The molecule has 2 rings (SSSR count). The molecular formula is C13H16N4O. The first-order chi connectivity index (χ1) is 8.90. The molecule has 0 radical (unpaired) electrons. The van der Waals surface area contributed by atoms with Gasteiger partial charge in [0.2, 0.25) is 0 Å². The Balaban J connectivity index is 2.07. The van der Waals surface area contributed by atoms with Gasteiger partial charge in [-0.1, -0.05) is 25.5 Å². The molecule has 0 fully saturated rings. The quantitative estimate of drug-likeness (QED) is 0.579. The molecule has 2 aromatic rings. The fraction of sp³-hybridized carbons (Fsp3) is 0.308. The van der Waals surface area contributed by atoms with Crippen molar-refractivity contribution in [1.29, 1.82) is 0 Å². The highest BCUT2D eigenvalue weighted by molar-refractivity contribution is 5.83. The smallest absolute Gasteiger partial charge is 0.141 e. The van der Waals surface area contributed by atoms with Gasteiger partial charge in [-0.05, 0) is 18.6 Å². The summed E-state index contributed by atoms with van der Waals surface area (Å²) in [7, 11) is 0. The Bertz CT molecular complexity index is 493. The molecule has 1 aromatic heterocycles. The molecule has 1 heterocycles. The van der Waals surface area contributed by atoms with Gasteiger partial charge in [0, 0.05) is 5.56 Å². The van der Waals surface area contributed by atoms with Gasteiger partial charge < -0.3 is 4.74 Å². The fourth-order valence-electron chi connectivity index (χ4n) is 1.43. The molecule has 5 heteroatoms. The van der Waals surface area contributed by atoms with Crippen LogP contribution in [0, 0.1) is 0 Å². The second kappa shape index (κ2) is 6.54. The maximum atomic E-state index is 5.72. The van der Waals surface area contributed by atoms with Crippen molar-refractivity contribution in [3.8, 4) is 5.75 Å². The zero-order chi connectivity index (χ0) is 12.6. The Morgan fingerprint density at radius 1 is 1.28 bits per heavy atom. The van der Waals surface area contributed by atoms with E-state index in [4.69, 9.17) is 4.74 Å². The topological polar surface area (TPSA) is 52.3 Å². The van der Waals surface area contributed by atoms with Gasteiger partial charge in [-0.15, -0.1) is 10.2 Å². The van der Waals surface area contributed by atoms with Crippen molar-refractivity contribution in [3.63, 3.8) is 0 Å². The number of rotatable bonds is 6. The third-order valence-electron chi connectivity index (χ3n) is 2.41. The van der Waals surface area contributed by atoms with E-state index in [2.05, 4.69) is 22.2 Å². The normalized spacial score (nSPS) is 10.9. The standard InChI is InChI=1S/C13H16N4O/c1-2-3-8-18-13-7-5-4-6-12(13)9-16-17-10-14-15-11-17/h4-7,9-11H,2-3,8H2,1H3/b16-9+. The summed E-state index contributed by atoms with van der Waals surface area (Å²) in [5, 5.41) is 11.6. The number of ether oxygens (including phenoxy) is 1. The van der Waals surface area contributed by atoms with E-state index in [1.807, 2.05) is 24.3 Å². The van der Waals surface area contributed by atoms with Crippen molar-refractivity contribution >= 4 is 6.21 Å². The lowest BCUT2D eigenvalue weighted by Gasteiger charge is -2.07. The molecule has 0 atom stereocenters. The van der Waals surface area contributed by atoms with Crippen molar-refractivity contribution < 1.29 is 4.74 Å². The van der Waals surface area contributed by atoms with Crippen LogP contribution < -0.4 is 4.74 Å². The van der Waals surface area contributed by atoms with Crippen LogP contribution in [0.4, 0.5) is 0 Å². The summed E-state index contributed by atoms with van der Waals surface area (Å²) in [6.07, 6.45) is 6.99. The summed E-state index contributed by atoms with van der Waals surface area (Å²) in [6.45, 7) is 2.87. The Hall–Kier alpha value is -2.17. The van der Waals surface area contributed by atoms with Gasteiger partial charge in [-0.25, -0.2) is 4.68 Å². The minimum absolute atomic E-state index is 0.730. The summed E-state index contributed by atoms with van der Waals surface area (Å²) in [6, 6.07) is 7.83. The van der Waals surface area contributed by atoms with Crippen molar-refractivity contribution in [2.75, 3.05) is 6.61 Å². The van der Waals surface area contributed by atoms with Crippen LogP contribution in [0.25, 0.3) is 0 Å². The number of hydrogen-bond donors (Lipinski definition) is 0. The van der Waals surface area contributed by atoms with Gasteiger partial charge >= 0.3 is 0 Å². The molecule has 0 bridgehead atoms. The average molecular weight is 244 g/mol. The van der Waals surface area contributed by atoms with Crippen LogP contribution in [-0.2, 0) is 0 Å². The van der Waals surface area contributed by atoms with Gasteiger partial charge in [-0.3, -0.25) is 0 Å². The van der Waals surface area contributed by atoms with E-state index in [1.54, 1.807) is 10.9 Å². The molecule has 0 aliphatic rings. The summed E-state index contributed by atoms with van der Waals surface area (Å²) in [5.74, 6) is 0.850. The van der Waals surface area contributed by atoms with Crippen molar-refractivity contribution in [2.24, 2.45) is 5.10 Å². The van der Waals surface area contributed by atoms with Crippen LogP contribution in [-0.4, -0.2) is 27.7 Å². The van der Waals surface area contributed by atoms with E-state index in [1.165, 1.54) is 12.7 Å². The summed E-state index contributed by atoms with van der Waals surface area (Å²) >= 11 is 0. The molecule has 5 nitrogen and oxygen atoms in total. The predicted molar refractivity (Wildman–Crippen MR) is 69.9 cm³/mol. The number of benzene rings is 1. The van der Waals surface area contributed by atoms with Crippen LogP contribution in [0.15, 0.2) is 42.0 Å². The van der Waals surface area contributed by atoms with Crippen LogP contribution in [0.3, 0.4) is 0 Å². The van der Waals surface area contributed by atoms with Crippen molar-refractivity contribution in [3.05, 3.63) is 42.5 Å². The van der Waals surface area contributed by atoms with Crippen molar-refractivity contribution in [2.45, 2.75) is 19.8 Å². The number of unbranched alkanes of at least 4 members (excludes halogenated alkanes) is 1. The molecule has 0 saturated carbocycles. The first-order valence-electron chi connectivity index (χ1n) is 6.01. The zero-order valence-corrected chi connectivity index (χ0v) is 10.4. The highest BCUT2D eigenvalue weighted by Crippen LogP contribution is 2.16. The molecule has 0 aliphatic carbocycles. The van der Waals surface area contributed by atoms with E-state index in [0.717, 1.165) is 30.8 Å². The van der Waals surface area contributed by atoms with E-state index in [9.17, 15) is 0 Å². The van der Waals surface area contributed by atoms with E-state index >= 15 is 0 Å². The molecule has 1 aromatic carbocycles. The maximum Gasteiger partial charge on any atom is 0.141 e. The van der Waals surface area contributed by atoms with Crippen LogP contribution in [0.1, 0.15) is 25.3 Å². The van der Waals surface area contributed by atoms with Gasteiger partial charge in [0.05, 0.1) is 12.8 Å². The molecule has 0 amide bonds. The van der Waals surface area contributed by atoms with Crippen molar-refractivity contribution in [1.82, 2.24) is 14.9 Å². The minimum Gasteiger partial charge on any atom is -0.493 e. The molecule has 94 valence electrons. The van der Waals surface area contributed by atoms with Crippen LogP contribution in [0.5, 0.6) is 5.75 Å². The molecule has 0 unspecified atom stereocenters. The highest BCUT2D eigenvalue weighted by Gasteiger charge is 1.99. The second-order valence-electron chi connectivity index (χ2n) is 3.83. The Morgan fingerprint density at radius 2 is 2.06 bits per heavy atom. The number of para-hydroxylation sites is 1. The molecule has 0 N–H and O–H groups in total. The number of nitrogens with zero attached hydrogens (tertiary/aromatic N) is 4. The SMILES string of the molecule is CCCCOc1ccccc1/C=N/n1cnnc1. The van der Waals surface area contributed by atoms with Gasteiger partial charge in [0.15, 0.2) is 0 Å². The lowest BCUT2D eigenvalue weighted by atomic mass is 10.2. The predicted octanol–water partition coefficient (Wildman–Crippen LogP) is 2.34. The average Bonchev–Trinajstić information content (AvgIpc) is 2.91. The minimum atomic E-state index is 0.730. The Morgan fingerprint density at radius 3 is 2.83 bits per heavy atom. The Kier molecular flexibility index (Phi) is 4.46. The van der Waals surface area contributed by atoms with Gasteiger partial charge in [0.25, 0.3) is 0 Å². The lowest BCUT2D eigenvalue weighted by molar-refractivity contribution is 0.309. The lowest BCUT2D eigenvalue weighted by Crippen LogP contribution is -1.99. The van der Waals surface area contributed by atoms with E-state index in [-0.39, 0.29) is 0 Å². The summed E-state index contributed by atoms with van der Waals surface area (Å²) in [5.41, 5.74) is 0.947. The molecule has 18 heavy (non-hydrogen) atoms. The monoisotopic (exact) mass is 244 g/mol. The number of hydrogen-bond acceptors (Lipinski definition) is 4. The third-order valence-corrected chi connectivity index (χ3v) is 2.41. The Labute approximate surface area is 106 Å². The fourth-order valence-corrected chi connectivity index (χ4v) is 1.43. The van der Waals surface area contributed by atoms with Gasteiger partial charge in [-0.2, -0.15) is 5.10 Å². The van der Waals surface area contributed by atoms with Gasteiger partial charge in [0.1, 0.15) is 18.4 Å². The zero-order valence-electron chi connectivity index (χ0n) is 10.4. The highest BCUT2D eigenvalue weighted by atomic mass is 16.5. The van der Waals surface area contributed by atoms with E-state index < -0.39 is 0 Å². The second-order valence-corrected chi connectivity index (χ2v) is 3.83. The maximum absolute atomic E-state index is 5.72. The largest absolute Gasteiger partial charge is 0.493 e.